The highest BCUT2D eigenvalue weighted by Crippen LogP contribution is 2.30. The second-order valence-electron chi connectivity index (χ2n) is 7.41. The molecule has 0 saturated carbocycles. The van der Waals surface area contributed by atoms with Gasteiger partial charge in [-0.05, 0) is 36.4 Å². The van der Waals surface area contributed by atoms with Crippen LogP contribution in [0.25, 0.3) is 5.69 Å². The third kappa shape index (κ3) is 5.96. The van der Waals surface area contributed by atoms with Gasteiger partial charge in [-0.3, -0.25) is 19.1 Å². The summed E-state index contributed by atoms with van der Waals surface area (Å²) in [5, 5.41) is 12.3. The van der Waals surface area contributed by atoms with Gasteiger partial charge >= 0.3 is 5.69 Å². The Morgan fingerprint density at radius 1 is 1.03 bits per heavy atom. The third-order valence-electron chi connectivity index (χ3n) is 4.95. The molecule has 4 aromatic rings. The summed E-state index contributed by atoms with van der Waals surface area (Å²) in [5.41, 5.74) is 0.490. The summed E-state index contributed by atoms with van der Waals surface area (Å²) in [7, 11) is 3.05. The lowest BCUT2D eigenvalue weighted by Gasteiger charge is -2.12. The van der Waals surface area contributed by atoms with Crippen LogP contribution in [0.5, 0.6) is 11.5 Å². The second-order valence-corrected chi connectivity index (χ2v) is 8.79. The van der Waals surface area contributed by atoms with Gasteiger partial charge in [0.1, 0.15) is 5.82 Å². The molecule has 0 aliphatic heterocycles. The van der Waals surface area contributed by atoms with Crippen molar-refractivity contribution in [2.75, 3.05) is 25.3 Å². The number of methoxy groups -OCH3 is 2. The van der Waals surface area contributed by atoms with Crippen molar-refractivity contribution in [2.45, 2.75) is 11.6 Å². The number of H-pyrrole nitrogens is 2. The first kappa shape index (κ1) is 25.1. The molecule has 11 nitrogen and oxygen atoms in total. The maximum atomic E-state index is 12.6. The molecule has 2 aromatic heterocycles. The minimum Gasteiger partial charge on any atom is -0.493 e. The van der Waals surface area contributed by atoms with E-state index in [2.05, 4.69) is 25.5 Å². The van der Waals surface area contributed by atoms with Gasteiger partial charge in [0.25, 0.3) is 5.56 Å². The molecular weight excluding hydrogens is 508 g/mol. The van der Waals surface area contributed by atoms with Crippen LogP contribution in [0.1, 0.15) is 11.5 Å². The standard InChI is InChI=1S/C23H21ClN6O5S/c1-34-17-8-5-14(9-18(17)35-2)25-21(32)12-36-23-29-28-19(10-15-11-20(31)27-22(33)26-15)30(23)16-6-3-13(24)4-7-16/h3-9,11H,10,12H2,1-2H3,(H,25,32)(H2,26,27,31,33). The van der Waals surface area contributed by atoms with Crippen molar-refractivity contribution in [2.24, 2.45) is 0 Å². The smallest absolute Gasteiger partial charge is 0.325 e. The first-order valence-corrected chi connectivity index (χ1v) is 11.9. The molecule has 3 N–H and O–H groups in total. The molecule has 36 heavy (non-hydrogen) atoms. The molecule has 0 aliphatic rings. The average molecular weight is 529 g/mol. The minimum absolute atomic E-state index is 0.0436. The van der Waals surface area contributed by atoms with Crippen LogP contribution < -0.4 is 26.0 Å². The van der Waals surface area contributed by atoms with E-state index in [9.17, 15) is 14.4 Å². The fraction of sp³-hybridized carbons (Fsp3) is 0.174. The fourth-order valence-corrected chi connectivity index (χ4v) is 4.28. The molecule has 0 fully saturated rings. The van der Waals surface area contributed by atoms with Crippen molar-refractivity contribution < 1.29 is 14.3 Å². The number of hydrogen-bond acceptors (Lipinski definition) is 8. The second kappa shape index (κ2) is 11.1. The molecule has 2 heterocycles. The third-order valence-corrected chi connectivity index (χ3v) is 6.13. The summed E-state index contributed by atoms with van der Waals surface area (Å²) < 4.78 is 12.2. The molecule has 2 aromatic carbocycles. The average Bonchev–Trinajstić information content (AvgIpc) is 3.24. The molecule has 0 saturated heterocycles. The Kier molecular flexibility index (Phi) is 7.76. The van der Waals surface area contributed by atoms with Crippen molar-refractivity contribution in [1.82, 2.24) is 24.7 Å². The number of rotatable bonds is 9. The van der Waals surface area contributed by atoms with Gasteiger partial charge in [-0.15, -0.1) is 10.2 Å². The number of hydrogen-bond donors (Lipinski definition) is 3. The predicted molar refractivity (Wildman–Crippen MR) is 136 cm³/mol. The number of ether oxygens (including phenoxy) is 2. The first-order chi connectivity index (χ1) is 17.4. The van der Waals surface area contributed by atoms with Gasteiger partial charge in [-0.25, -0.2) is 4.79 Å². The SMILES string of the molecule is COc1ccc(NC(=O)CSc2nnc(Cc3cc(=O)[nH]c(=O)[nH]3)n2-c2ccc(Cl)cc2)cc1OC. The number of nitrogens with one attached hydrogen (secondary N) is 3. The normalized spacial score (nSPS) is 10.8. The largest absolute Gasteiger partial charge is 0.493 e. The number of halogens is 1. The lowest BCUT2D eigenvalue weighted by Crippen LogP contribution is -2.23. The molecule has 0 radical (unpaired) electrons. The zero-order chi connectivity index (χ0) is 25.7. The summed E-state index contributed by atoms with van der Waals surface area (Å²) in [6, 6.07) is 13.4. The Labute approximate surface area is 213 Å². The molecule has 0 bridgehead atoms. The lowest BCUT2D eigenvalue weighted by atomic mass is 10.2. The molecule has 0 spiro atoms. The van der Waals surface area contributed by atoms with E-state index in [4.69, 9.17) is 21.1 Å². The van der Waals surface area contributed by atoms with Crippen LogP contribution in [0.4, 0.5) is 5.69 Å². The Morgan fingerprint density at radius 2 is 1.78 bits per heavy atom. The number of carbonyl (C=O) groups excluding carboxylic acids is 1. The van der Waals surface area contributed by atoms with Gasteiger partial charge in [-0.2, -0.15) is 0 Å². The number of anilines is 1. The first-order valence-electron chi connectivity index (χ1n) is 10.5. The van der Waals surface area contributed by atoms with Crippen molar-refractivity contribution >= 4 is 35.0 Å². The number of aromatic amines is 2. The van der Waals surface area contributed by atoms with Gasteiger partial charge in [-0.1, -0.05) is 23.4 Å². The van der Waals surface area contributed by atoms with Crippen molar-refractivity contribution in [1.29, 1.82) is 0 Å². The van der Waals surface area contributed by atoms with E-state index in [-0.39, 0.29) is 18.1 Å². The van der Waals surface area contributed by atoms with Crippen molar-refractivity contribution in [3.63, 3.8) is 0 Å². The molecule has 0 unspecified atom stereocenters. The molecule has 4 rings (SSSR count). The van der Waals surface area contributed by atoms with Crippen LogP contribution in [0.15, 0.2) is 63.3 Å². The van der Waals surface area contributed by atoms with Gasteiger partial charge in [0.2, 0.25) is 5.91 Å². The lowest BCUT2D eigenvalue weighted by molar-refractivity contribution is -0.113. The molecule has 0 atom stereocenters. The highest BCUT2D eigenvalue weighted by Gasteiger charge is 2.17. The number of aromatic nitrogens is 5. The van der Waals surface area contributed by atoms with Crippen molar-refractivity contribution in [3.05, 3.63) is 85.9 Å². The van der Waals surface area contributed by atoms with E-state index in [0.29, 0.717) is 44.6 Å². The zero-order valence-corrected chi connectivity index (χ0v) is 20.8. The quantitative estimate of drug-likeness (QED) is 0.281. The predicted octanol–water partition coefficient (Wildman–Crippen LogP) is 2.64. The van der Waals surface area contributed by atoms with Crippen molar-refractivity contribution in [3.8, 4) is 17.2 Å². The Bertz CT molecular complexity index is 1470. The monoisotopic (exact) mass is 528 g/mol. The van der Waals surface area contributed by atoms with Gasteiger partial charge in [0.15, 0.2) is 16.7 Å². The maximum Gasteiger partial charge on any atom is 0.325 e. The molecule has 13 heteroatoms. The van der Waals surface area contributed by atoms with Crippen LogP contribution in [0.2, 0.25) is 5.02 Å². The zero-order valence-electron chi connectivity index (χ0n) is 19.2. The fourth-order valence-electron chi connectivity index (χ4n) is 3.38. The highest BCUT2D eigenvalue weighted by molar-refractivity contribution is 7.99. The highest BCUT2D eigenvalue weighted by atomic mass is 35.5. The summed E-state index contributed by atoms with van der Waals surface area (Å²) in [5.74, 6) is 1.28. The van der Waals surface area contributed by atoms with E-state index >= 15 is 0 Å². The molecule has 1 amide bonds. The number of carbonyl (C=O) groups is 1. The van der Waals surface area contributed by atoms with Gasteiger partial charge in [0.05, 0.1) is 20.0 Å². The van der Waals surface area contributed by atoms with Gasteiger partial charge < -0.3 is 19.8 Å². The number of benzene rings is 2. The summed E-state index contributed by atoms with van der Waals surface area (Å²) in [4.78, 5) is 40.7. The summed E-state index contributed by atoms with van der Waals surface area (Å²) in [6.07, 6.45) is 0.132. The minimum atomic E-state index is -0.614. The van der Waals surface area contributed by atoms with Crippen LogP contribution >= 0.6 is 23.4 Å². The van der Waals surface area contributed by atoms with Crippen LogP contribution in [-0.2, 0) is 11.2 Å². The summed E-state index contributed by atoms with van der Waals surface area (Å²) >= 11 is 7.22. The molecular formula is C23H21ClN6O5S. The number of nitrogens with zero attached hydrogens (tertiary/aromatic N) is 3. The number of thioether (sulfide) groups is 1. The summed E-state index contributed by atoms with van der Waals surface area (Å²) in [6.45, 7) is 0. The maximum absolute atomic E-state index is 12.6. The van der Waals surface area contributed by atoms with Crippen LogP contribution in [-0.4, -0.2) is 50.6 Å². The Morgan fingerprint density at radius 3 is 2.47 bits per heavy atom. The number of amides is 1. The van der Waals surface area contributed by atoms with E-state index in [0.717, 1.165) is 0 Å². The van der Waals surface area contributed by atoms with E-state index in [1.54, 1.807) is 47.0 Å². The van der Waals surface area contributed by atoms with E-state index < -0.39 is 11.2 Å². The van der Waals surface area contributed by atoms with E-state index in [1.807, 2.05) is 0 Å². The van der Waals surface area contributed by atoms with Crippen LogP contribution in [0, 0.1) is 0 Å². The topological polar surface area (TPSA) is 144 Å². The van der Waals surface area contributed by atoms with Crippen LogP contribution in [0.3, 0.4) is 0 Å². The van der Waals surface area contributed by atoms with Gasteiger partial charge in [0, 0.05) is 40.6 Å². The molecule has 0 aliphatic carbocycles. The molecule has 186 valence electrons. The van der Waals surface area contributed by atoms with E-state index in [1.165, 1.54) is 32.0 Å². The Hall–Kier alpha value is -4.03. The Balaban J connectivity index is 1.56.